The average molecular weight is 383 g/mol. The van der Waals surface area contributed by atoms with Crippen LogP contribution in [0.4, 0.5) is 5.69 Å². The highest BCUT2D eigenvalue weighted by molar-refractivity contribution is 5.96. The van der Waals surface area contributed by atoms with Gasteiger partial charge in [0.25, 0.3) is 5.91 Å². The van der Waals surface area contributed by atoms with E-state index in [-0.39, 0.29) is 12.3 Å². The molecule has 5 heteroatoms. The summed E-state index contributed by atoms with van der Waals surface area (Å²) in [6, 6.07) is 15.4. The molecule has 0 saturated carbocycles. The Hall–Kier alpha value is -2.82. The molecule has 150 valence electrons. The summed E-state index contributed by atoms with van der Waals surface area (Å²) in [5, 5.41) is 2.93. The summed E-state index contributed by atoms with van der Waals surface area (Å²) in [5.74, 6) is 0.0493. The summed E-state index contributed by atoms with van der Waals surface area (Å²) in [6.45, 7) is 6.11. The highest BCUT2D eigenvalue weighted by atomic mass is 16.5. The zero-order valence-corrected chi connectivity index (χ0v) is 16.9. The molecule has 0 aliphatic rings. The van der Waals surface area contributed by atoms with Gasteiger partial charge in [0.2, 0.25) is 0 Å². The number of rotatable bonds is 10. The Labute approximate surface area is 167 Å². The lowest BCUT2D eigenvalue weighted by molar-refractivity contribution is -0.153. The fraction of sp³-hybridized carbons (Fsp3) is 0.391. The number of hydrogen-bond donors (Lipinski definition) is 1. The van der Waals surface area contributed by atoms with Gasteiger partial charge in [-0.05, 0) is 49.4 Å². The number of anilines is 1. The molecule has 0 aromatic heterocycles. The molecule has 2 aromatic carbocycles. The van der Waals surface area contributed by atoms with E-state index in [2.05, 4.69) is 5.32 Å². The van der Waals surface area contributed by atoms with Gasteiger partial charge >= 0.3 is 5.97 Å². The molecule has 1 amide bonds. The summed E-state index contributed by atoms with van der Waals surface area (Å²) in [5.41, 5.74) is 2.98. The Morgan fingerprint density at radius 3 is 2.21 bits per heavy atom. The minimum absolute atomic E-state index is 0.205. The summed E-state index contributed by atoms with van der Waals surface area (Å²) in [7, 11) is 0. The molecule has 28 heavy (non-hydrogen) atoms. The van der Waals surface area contributed by atoms with E-state index in [0.717, 1.165) is 35.4 Å². The molecule has 5 nitrogen and oxygen atoms in total. The summed E-state index contributed by atoms with van der Waals surface area (Å²) in [4.78, 5) is 24.5. The first-order valence-corrected chi connectivity index (χ1v) is 9.84. The van der Waals surface area contributed by atoms with E-state index in [9.17, 15) is 9.59 Å². The van der Waals surface area contributed by atoms with Crippen molar-refractivity contribution in [2.75, 3.05) is 11.9 Å². The second-order valence-electron chi connectivity index (χ2n) is 6.54. The Morgan fingerprint density at radius 2 is 1.61 bits per heavy atom. The van der Waals surface area contributed by atoms with Gasteiger partial charge < -0.3 is 14.8 Å². The van der Waals surface area contributed by atoms with Crippen molar-refractivity contribution in [3.05, 3.63) is 59.7 Å². The predicted molar refractivity (Wildman–Crippen MR) is 111 cm³/mol. The van der Waals surface area contributed by atoms with Gasteiger partial charge in [-0.2, -0.15) is 0 Å². The number of nitrogens with one attached hydrogen (secondary N) is 1. The van der Waals surface area contributed by atoms with Crippen molar-refractivity contribution in [1.82, 2.24) is 0 Å². The van der Waals surface area contributed by atoms with Crippen molar-refractivity contribution in [3.63, 3.8) is 0 Å². The van der Waals surface area contributed by atoms with E-state index < -0.39 is 12.1 Å². The maximum atomic E-state index is 12.5. The van der Waals surface area contributed by atoms with Gasteiger partial charge in [-0.25, -0.2) is 0 Å². The molecule has 0 spiro atoms. The van der Waals surface area contributed by atoms with Crippen LogP contribution < -0.4 is 10.1 Å². The maximum absolute atomic E-state index is 12.5. The van der Waals surface area contributed by atoms with Crippen LogP contribution in [0.2, 0.25) is 0 Å². The van der Waals surface area contributed by atoms with Gasteiger partial charge in [-0.15, -0.1) is 0 Å². The first-order valence-electron chi connectivity index (χ1n) is 9.84. The number of carbonyl (C=O) groups excluding carboxylic acids is 2. The van der Waals surface area contributed by atoms with Gasteiger partial charge in [0, 0.05) is 12.1 Å². The van der Waals surface area contributed by atoms with Crippen LogP contribution in [0.15, 0.2) is 48.5 Å². The van der Waals surface area contributed by atoms with E-state index in [4.69, 9.17) is 9.47 Å². The normalized spacial score (nSPS) is 11.5. The second-order valence-corrected chi connectivity index (χ2v) is 6.54. The third-order valence-corrected chi connectivity index (χ3v) is 4.46. The molecule has 0 aliphatic carbocycles. The Balaban J connectivity index is 1.79. The summed E-state index contributed by atoms with van der Waals surface area (Å²) >= 11 is 0. The fourth-order valence-corrected chi connectivity index (χ4v) is 2.86. The summed E-state index contributed by atoms with van der Waals surface area (Å²) in [6.07, 6.45) is 1.52. The van der Waals surface area contributed by atoms with Crippen molar-refractivity contribution in [2.45, 2.75) is 52.6 Å². The SMILES string of the molecule is CCc1cccc(CC)c1NC(=O)[C@@H](C)OC(=O)CCCOc1ccccc1. The van der Waals surface area contributed by atoms with Crippen molar-refractivity contribution in [3.8, 4) is 5.75 Å². The standard InChI is InChI=1S/C23H29NO4/c1-4-18-11-9-12-19(5-2)22(18)24-23(26)17(3)28-21(25)15-10-16-27-20-13-7-6-8-14-20/h6-9,11-14,17H,4-5,10,15-16H2,1-3H3,(H,24,26)/t17-/m1/s1. The van der Waals surface area contributed by atoms with Crippen LogP contribution >= 0.6 is 0 Å². The molecule has 2 aromatic rings. The number of amides is 1. The zero-order valence-electron chi connectivity index (χ0n) is 16.9. The predicted octanol–water partition coefficient (Wildman–Crippen LogP) is 4.54. The quantitative estimate of drug-likeness (QED) is 0.483. The number of ether oxygens (including phenoxy) is 2. The monoisotopic (exact) mass is 383 g/mol. The average Bonchev–Trinajstić information content (AvgIpc) is 2.72. The molecule has 0 aliphatic heterocycles. The van der Waals surface area contributed by atoms with E-state index in [1.807, 2.05) is 62.4 Å². The number of hydrogen-bond acceptors (Lipinski definition) is 4. The van der Waals surface area contributed by atoms with E-state index in [1.165, 1.54) is 0 Å². The van der Waals surface area contributed by atoms with Gasteiger partial charge in [-0.1, -0.05) is 50.2 Å². The van der Waals surface area contributed by atoms with Crippen LogP contribution in [0.1, 0.15) is 44.7 Å². The lowest BCUT2D eigenvalue weighted by Gasteiger charge is -2.18. The van der Waals surface area contributed by atoms with Crippen molar-refractivity contribution in [1.29, 1.82) is 0 Å². The van der Waals surface area contributed by atoms with Crippen LogP contribution in [-0.4, -0.2) is 24.6 Å². The molecule has 0 fully saturated rings. The highest BCUT2D eigenvalue weighted by Gasteiger charge is 2.19. The van der Waals surface area contributed by atoms with Crippen molar-refractivity contribution >= 4 is 17.6 Å². The number of benzene rings is 2. The van der Waals surface area contributed by atoms with Crippen molar-refractivity contribution in [2.24, 2.45) is 0 Å². The fourth-order valence-electron chi connectivity index (χ4n) is 2.86. The topological polar surface area (TPSA) is 64.6 Å². The number of aryl methyl sites for hydroxylation is 2. The number of carbonyl (C=O) groups is 2. The smallest absolute Gasteiger partial charge is 0.306 e. The molecular formula is C23H29NO4. The molecule has 0 heterocycles. The number of esters is 1. The summed E-state index contributed by atoms with van der Waals surface area (Å²) < 4.78 is 10.8. The highest BCUT2D eigenvalue weighted by Crippen LogP contribution is 2.23. The van der Waals surface area contributed by atoms with Gasteiger partial charge in [0.1, 0.15) is 5.75 Å². The molecule has 0 unspecified atom stereocenters. The largest absolute Gasteiger partial charge is 0.494 e. The van der Waals surface area contributed by atoms with Gasteiger partial charge in [0.15, 0.2) is 6.10 Å². The molecule has 0 bridgehead atoms. The third-order valence-electron chi connectivity index (χ3n) is 4.46. The van der Waals surface area contributed by atoms with Gasteiger partial charge in [-0.3, -0.25) is 9.59 Å². The van der Waals surface area contributed by atoms with Gasteiger partial charge in [0.05, 0.1) is 6.61 Å². The maximum Gasteiger partial charge on any atom is 0.306 e. The van der Waals surface area contributed by atoms with Crippen molar-refractivity contribution < 1.29 is 19.1 Å². The van der Waals surface area contributed by atoms with E-state index >= 15 is 0 Å². The third kappa shape index (κ3) is 6.41. The Bertz CT molecular complexity index is 751. The lowest BCUT2D eigenvalue weighted by atomic mass is 10.0. The Morgan fingerprint density at radius 1 is 0.964 bits per heavy atom. The zero-order chi connectivity index (χ0) is 20.4. The van der Waals surface area contributed by atoms with Crippen LogP contribution in [-0.2, 0) is 27.2 Å². The molecule has 2 rings (SSSR count). The molecule has 0 saturated heterocycles. The van der Waals surface area contributed by atoms with Crippen LogP contribution in [0.5, 0.6) is 5.75 Å². The molecule has 0 radical (unpaired) electrons. The Kier molecular flexibility index (Phi) is 8.53. The van der Waals surface area contributed by atoms with E-state index in [0.29, 0.717) is 13.0 Å². The minimum Gasteiger partial charge on any atom is -0.494 e. The first kappa shape index (κ1) is 21.5. The minimum atomic E-state index is -0.850. The van der Waals surface area contributed by atoms with Crippen LogP contribution in [0.25, 0.3) is 0 Å². The van der Waals surface area contributed by atoms with E-state index in [1.54, 1.807) is 6.92 Å². The second kappa shape index (κ2) is 11.1. The molecule has 1 N–H and O–H groups in total. The molecular weight excluding hydrogens is 354 g/mol. The lowest BCUT2D eigenvalue weighted by Crippen LogP contribution is -2.30. The molecule has 1 atom stereocenters. The van der Waals surface area contributed by atoms with Crippen LogP contribution in [0.3, 0.4) is 0 Å². The first-order chi connectivity index (χ1) is 13.5. The van der Waals surface area contributed by atoms with Crippen LogP contribution in [0, 0.1) is 0 Å². The number of para-hydroxylation sites is 2.